The Morgan fingerprint density at radius 2 is 2.24 bits per heavy atom. The fourth-order valence-electron chi connectivity index (χ4n) is 1.30. The number of benzene rings is 1. The van der Waals surface area contributed by atoms with Gasteiger partial charge in [0.05, 0.1) is 18.2 Å². The maximum atomic E-state index is 11.8. The standard InChI is InChI=1S/C11H14BrNO4/c1-17-6-7(5-12)13-11(16)9-4-8(14)2-3-10(9)15/h2-4,7,14-15H,5-6H2,1H3,(H,13,16). The molecule has 0 aromatic heterocycles. The van der Waals surface area contributed by atoms with E-state index < -0.39 is 5.91 Å². The predicted molar refractivity (Wildman–Crippen MR) is 66.7 cm³/mol. The number of carbonyl (C=O) groups is 1. The Labute approximate surface area is 108 Å². The summed E-state index contributed by atoms with van der Waals surface area (Å²) >= 11 is 3.24. The Morgan fingerprint density at radius 3 is 2.82 bits per heavy atom. The molecule has 0 fully saturated rings. The fraction of sp³-hybridized carbons (Fsp3) is 0.364. The molecule has 0 spiro atoms. The number of ether oxygens (including phenoxy) is 1. The van der Waals surface area contributed by atoms with E-state index in [9.17, 15) is 15.0 Å². The highest BCUT2D eigenvalue weighted by Gasteiger charge is 2.16. The van der Waals surface area contributed by atoms with Gasteiger partial charge in [0.25, 0.3) is 5.91 Å². The summed E-state index contributed by atoms with van der Waals surface area (Å²) in [5, 5.41) is 22.0. The second kappa shape index (κ2) is 6.46. The second-order valence-electron chi connectivity index (χ2n) is 3.48. The first kappa shape index (κ1) is 13.8. The third kappa shape index (κ3) is 3.90. The maximum absolute atomic E-state index is 11.8. The monoisotopic (exact) mass is 303 g/mol. The minimum atomic E-state index is -0.458. The maximum Gasteiger partial charge on any atom is 0.255 e. The molecular weight excluding hydrogens is 290 g/mol. The quantitative estimate of drug-likeness (QED) is 0.565. The van der Waals surface area contributed by atoms with Crippen molar-refractivity contribution >= 4 is 21.8 Å². The molecule has 17 heavy (non-hydrogen) atoms. The smallest absolute Gasteiger partial charge is 0.255 e. The molecule has 1 aromatic rings. The summed E-state index contributed by atoms with van der Waals surface area (Å²) in [6.45, 7) is 0.358. The fourth-order valence-corrected chi connectivity index (χ4v) is 1.64. The van der Waals surface area contributed by atoms with Crippen LogP contribution in [0.2, 0.25) is 0 Å². The van der Waals surface area contributed by atoms with Gasteiger partial charge in [-0.05, 0) is 18.2 Å². The van der Waals surface area contributed by atoms with Gasteiger partial charge in [-0.15, -0.1) is 0 Å². The molecule has 5 nitrogen and oxygen atoms in total. The van der Waals surface area contributed by atoms with Crippen molar-refractivity contribution in [1.82, 2.24) is 5.32 Å². The van der Waals surface area contributed by atoms with E-state index in [2.05, 4.69) is 21.2 Å². The molecule has 0 radical (unpaired) electrons. The van der Waals surface area contributed by atoms with Crippen LogP contribution in [0.15, 0.2) is 18.2 Å². The van der Waals surface area contributed by atoms with E-state index in [1.165, 1.54) is 25.3 Å². The zero-order valence-corrected chi connectivity index (χ0v) is 10.9. The van der Waals surface area contributed by atoms with Gasteiger partial charge in [-0.3, -0.25) is 4.79 Å². The number of nitrogens with one attached hydrogen (secondary N) is 1. The SMILES string of the molecule is COCC(CBr)NC(=O)c1cc(O)ccc1O. The predicted octanol–water partition coefficient (Wildman–Crippen LogP) is 1.24. The molecule has 0 heterocycles. The first-order valence-electron chi connectivity index (χ1n) is 4.96. The van der Waals surface area contributed by atoms with Crippen LogP contribution in [-0.2, 0) is 4.74 Å². The van der Waals surface area contributed by atoms with Crippen LogP contribution in [0.4, 0.5) is 0 Å². The van der Waals surface area contributed by atoms with E-state index >= 15 is 0 Å². The summed E-state index contributed by atoms with van der Waals surface area (Å²) in [4.78, 5) is 11.8. The lowest BCUT2D eigenvalue weighted by Crippen LogP contribution is -2.39. The molecular formula is C11H14BrNO4. The summed E-state index contributed by atoms with van der Waals surface area (Å²) in [6, 6.07) is 3.59. The molecule has 0 aliphatic carbocycles. The Morgan fingerprint density at radius 1 is 1.53 bits per heavy atom. The van der Waals surface area contributed by atoms with Crippen LogP contribution in [0.25, 0.3) is 0 Å². The molecule has 1 rings (SSSR count). The number of hydrogen-bond acceptors (Lipinski definition) is 4. The zero-order chi connectivity index (χ0) is 12.8. The highest BCUT2D eigenvalue weighted by atomic mass is 79.9. The van der Waals surface area contributed by atoms with Crippen LogP contribution in [0.5, 0.6) is 11.5 Å². The van der Waals surface area contributed by atoms with Crippen LogP contribution in [0.3, 0.4) is 0 Å². The summed E-state index contributed by atoms with van der Waals surface area (Å²) in [6.07, 6.45) is 0. The van der Waals surface area contributed by atoms with Crippen LogP contribution < -0.4 is 5.32 Å². The lowest BCUT2D eigenvalue weighted by molar-refractivity contribution is 0.0905. The van der Waals surface area contributed by atoms with E-state index in [-0.39, 0.29) is 23.1 Å². The largest absolute Gasteiger partial charge is 0.508 e. The molecule has 0 aliphatic rings. The van der Waals surface area contributed by atoms with Gasteiger partial charge in [0.1, 0.15) is 11.5 Å². The Kier molecular flexibility index (Phi) is 5.24. The van der Waals surface area contributed by atoms with Crippen molar-refractivity contribution in [2.75, 3.05) is 19.0 Å². The first-order valence-corrected chi connectivity index (χ1v) is 6.08. The van der Waals surface area contributed by atoms with E-state index in [1.807, 2.05) is 0 Å². The Hall–Kier alpha value is -1.27. The molecule has 6 heteroatoms. The molecule has 94 valence electrons. The van der Waals surface area contributed by atoms with Crippen LogP contribution in [0.1, 0.15) is 10.4 Å². The third-order valence-corrected chi connectivity index (χ3v) is 2.90. The van der Waals surface area contributed by atoms with E-state index in [1.54, 1.807) is 0 Å². The van der Waals surface area contributed by atoms with Crippen molar-refractivity contribution in [1.29, 1.82) is 0 Å². The van der Waals surface area contributed by atoms with Crippen molar-refractivity contribution in [3.8, 4) is 11.5 Å². The molecule has 0 saturated carbocycles. The van der Waals surface area contributed by atoms with Crippen LogP contribution in [-0.4, -0.2) is 41.2 Å². The van der Waals surface area contributed by atoms with Crippen molar-refractivity contribution in [2.45, 2.75) is 6.04 Å². The number of halogens is 1. The van der Waals surface area contributed by atoms with Gasteiger partial charge in [-0.1, -0.05) is 15.9 Å². The van der Waals surface area contributed by atoms with Gasteiger partial charge in [-0.2, -0.15) is 0 Å². The number of methoxy groups -OCH3 is 1. The van der Waals surface area contributed by atoms with Gasteiger partial charge >= 0.3 is 0 Å². The first-order chi connectivity index (χ1) is 8.08. The summed E-state index contributed by atoms with van der Waals surface area (Å²) < 4.78 is 4.93. The summed E-state index contributed by atoms with van der Waals surface area (Å²) in [5.74, 6) is -0.707. The van der Waals surface area contributed by atoms with Gasteiger partial charge in [-0.25, -0.2) is 0 Å². The number of aromatic hydroxyl groups is 2. The number of phenols is 2. The number of hydrogen-bond donors (Lipinski definition) is 3. The van der Waals surface area contributed by atoms with Crippen molar-refractivity contribution in [3.63, 3.8) is 0 Å². The second-order valence-corrected chi connectivity index (χ2v) is 4.13. The van der Waals surface area contributed by atoms with Crippen LogP contribution in [0, 0.1) is 0 Å². The third-order valence-electron chi connectivity index (χ3n) is 2.11. The summed E-state index contributed by atoms with van der Waals surface area (Å²) in [5.41, 5.74) is 0.0343. The topological polar surface area (TPSA) is 78.8 Å². The number of rotatable bonds is 5. The van der Waals surface area contributed by atoms with Crippen molar-refractivity contribution in [3.05, 3.63) is 23.8 Å². The lowest BCUT2D eigenvalue weighted by Gasteiger charge is -2.15. The van der Waals surface area contributed by atoms with Gasteiger partial charge in [0.2, 0.25) is 0 Å². The molecule has 0 saturated heterocycles. The highest BCUT2D eigenvalue weighted by molar-refractivity contribution is 9.09. The summed E-state index contributed by atoms with van der Waals surface area (Å²) in [7, 11) is 1.54. The molecule has 0 bridgehead atoms. The van der Waals surface area contributed by atoms with Crippen molar-refractivity contribution < 1.29 is 19.7 Å². The molecule has 1 amide bonds. The molecule has 0 aliphatic heterocycles. The molecule has 3 N–H and O–H groups in total. The van der Waals surface area contributed by atoms with Gasteiger partial charge < -0.3 is 20.3 Å². The van der Waals surface area contributed by atoms with Crippen molar-refractivity contribution in [2.24, 2.45) is 0 Å². The normalized spacial score (nSPS) is 12.1. The zero-order valence-electron chi connectivity index (χ0n) is 9.31. The highest BCUT2D eigenvalue weighted by Crippen LogP contribution is 2.21. The minimum absolute atomic E-state index is 0.0343. The number of phenolic OH excluding ortho intramolecular Hbond substituents is 2. The Bertz CT molecular complexity index is 397. The average molecular weight is 304 g/mol. The van der Waals surface area contributed by atoms with E-state index in [0.29, 0.717) is 11.9 Å². The minimum Gasteiger partial charge on any atom is -0.508 e. The molecule has 1 aromatic carbocycles. The number of alkyl halides is 1. The lowest BCUT2D eigenvalue weighted by atomic mass is 10.1. The Balaban J connectivity index is 2.78. The van der Waals surface area contributed by atoms with Gasteiger partial charge in [0.15, 0.2) is 0 Å². The number of amides is 1. The van der Waals surface area contributed by atoms with E-state index in [4.69, 9.17) is 4.74 Å². The van der Waals surface area contributed by atoms with E-state index in [0.717, 1.165) is 0 Å². The van der Waals surface area contributed by atoms with Gasteiger partial charge in [0, 0.05) is 12.4 Å². The molecule has 1 atom stereocenters. The number of carbonyl (C=O) groups excluding carboxylic acids is 1. The molecule has 1 unspecified atom stereocenters. The van der Waals surface area contributed by atoms with Crippen LogP contribution >= 0.6 is 15.9 Å². The average Bonchev–Trinajstić information content (AvgIpc) is 2.31.